The number of nitrogens with two attached hydrogens (primary N) is 1. The smallest absolute Gasteiger partial charge is 0.262 e. The van der Waals surface area contributed by atoms with Gasteiger partial charge in [0.1, 0.15) is 5.39 Å². The number of primary sulfonamides is 1. The summed E-state index contributed by atoms with van der Waals surface area (Å²) in [5.74, 6) is -0.0794. The molecule has 0 unspecified atom stereocenters. The van der Waals surface area contributed by atoms with Gasteiger partial charge in [-0.1, -0.05) is 23.4 Å². The fraction of sp³-hybridized carbons (Fsp3) is 0.0526. The number of carbonyl (C=O) groups excluding carboxylic acids is 1. The van der Waals surface area contributed by atoms with E-state index in [4.69, 9.17) is 16.7 Å². The fourth-order valence-corrected chi connectivity index (χ4v) is 4.18. The fourth-order valence-electron chi connectivity index (χ4n) is 2.79. The van der Waals surface area contributed by atoms with Crippen molar-refractivity contribution in [3.05, 3.63) is 75.7 Å². The molecule has 0 atom stereocenters. The van der Waals surface area contributed by atoms with E-state index < -0.39 is 15.6 Å². The lowest BCUT2D eigenvalue weighted by Crippen LogP contribution is -2.12. The maximum absolute atomic E-state index is 12.4. The third kappa shape index (κ3) is 4.54. The predicted octanol–water partition coefficient (Wildman–Crippen LogP) is 2.38. The Kier molecular flexibility index (Phi) is 5.67. The number of sulfonamides is 1. The highest BCUT2D eigenvalue weighted by molar-refractivity contribution is 7.99. The Hall–Kier alpha value is -2.99. The van der Waals surface area contributed by atoms with Crippen molar-refractivity contribution in [2.24, 2.45) is 5.14 Å². The summed E-state index contributed by atoms with van der Waals surface area (Å²) in [7, 11) is -3.83. The number of Topliss-reactive ketones (excluding diaryl/α,β-unsaturated/α-hetero) is 1. The number of H-pyrrole nitrogens is 1. The van der Waals surface area contributed by atoms with Gasteiger partial charge < -0.3 is 4.98 Å². The molecule has 12 heteroatoms. The Morgan fingerprint density at radius 1 is 1.13 bits per heavy atom. The molecule has 0 amide bonds. The molecule has 4 rings (SSSR count). The van der Waals surface area contributed by atoms with Gasteiger partial charge in [-0.05, 0) is 48.5 Å². The van der Waals surface area contributed by atoms with Gasteiger partial charge >= 0.3 is 0 Å². The largest absolute Gasteiger partial charge is 0.301 e. The van der Waals surface area contributed by atoms with Crippen LogP contribution in [0.1, 0.15) is 10.4 Å². The first-order chi connectivity index (χ1) is 14.7. The Labute approximate surface area is 185 Å². The van der Waals surface area contributed by atoms with Crippen molar-refractivity contribution in [1.82, 2.24) is 19.7 Å². The third-order valence-electron chi connectivity index (χ3n) is 4.33. The molecule has 4 aromatic rings. The van der Waals surface area contributed by atoms with E-state index in [1.54, 1.807) is 24.3 Å². The van der Waals surface area contributed by atoms with Crippen LogP contribution in [0.4, 0.5) is 0 Å². The van der Waals surface area contributed by atoms with Crippen molar-refractivity contribution in [1.29, 1.82) is 0 Å². The van der Waals surface area contributed by atoms with E-state index in [1.807, 2.05) is 0 Å². The minimum Gasteiger partial charge on any atom is -0.301 e. The number of hydrogen-bond acceptors (Lipinski definition) is 7. The topological polar surface area (TPSA) is 141 Å². The molecule has 2 aromatic carbocycles. The maximum Gasteiger partial charge on any atom is 0.262 e. The van der Waals surface area contributed by atoms with Gasteiger partial charge in [0, 0.05) is 10.6 Å². The summed E-state index contributed by atoms with van der Waals surface area (Å²) in [5, 5.41) is 10.3. The van der Waals surface area contributed by atoms with Crippen LogP contribution in [0.15, 0.2) is 69.6 Å². The first-order valence-corrected chi connectivity index (χ1v) is 11.7. The number of carbonyl (C=O) groups is 1. The van der Waals surface area contributed by atoms with E-state index in [1.165, 1.54) is 35.1 Å². The van der Waals surface area contributed by atoms with Gasteiger partial charge in [0.2, 0.25) is 10.0 Å². The van der Waals surface area contributed by atoms with E-state index in [9.17, 15) is 18.0 Å². The number of thioether (sulfide) groups is 1. The second-order valence-electron chi connectivity index (χ2n) is 6.42. The number of nitrogens with zero attached hydrogens (tertiary/aromatic N) is 3. The van der Waals surface area contributed by atoms with E-state index in [0.717, 1.165) is 11.8 Å². The summed E-state index contributed by atoms with van der Waals surface area (Å²) in [6.07, 6.45) is 1.36. The summed E-state index contributed by atoms with van der Waals surface area (Å²) in [5.41, 5.74) is 0.862. The molecular weight excluding hydrogens is 462 g/mol. The van der Waals surface area contributed by atoms with Crippen LogP contribution in [0.2, 0.25) is 5.02 Å². The second kappa shape index (κ2) is 8.27. The Morgan fingerprint density at radius 2 is 1.81 bits per heavy atom. The Bertz CT molecular complexity index is 1450. The van der Waals surface area contributed by atoms with Gasteiger partial charge in [0.25, 0.3) is 5.56 Å². The molecule has 2 heterocycles. The summed E-state index contributed by atoms with van der Waals surface area (Å²) in [6.45, 7) is 0. The number of aromatic amines is 1. The summed E-state index contributed by atoms with van der Waals surface area (Å²) in [6, 6.07) is 12.2. The molecule has 0 spiro atoms. The highest BCUT2D eigenvalue weighted by Crippen LogP contribution is 2.20. The van der Waals surface area contributed by atoms with Crippen LogP contribution >= 0.6 is 23.4 Å². The van der Waals surface area contributed by atoms with Crippen molar-refractivity contribution in [3.63, 3.8) is 0 Å². The van der Waals surface area contributed by atoms with Crippen LogP contribution in [-0.4, -0.2) is 39.7 Å². The molecule has 0 aliphatic carbocycles. The molecule has 2 aromatic heterocycles. The molecule has 158 valence electrons. The third-order valence-corrected chi connectivity index (χ3v) is 6.39. The number of hydrogen-bond donors (Lipinski definition) is 2. The monoisotopic (exact) mass is 475 g/mol. The van der Waals surface area contributed by atoms with E-state index in [0.29, 0.717) is 16.3 Å². The Balaban J connectivity index is 1.62. The van der Waals surface area contributed by atoms with Crippen LogP contribution < -0.4 is 10.7 Å². The number of halogens is 1. The molecule has 0 radical (unpaired) electrons. The quantitative estimate of drug-likeness (QED) is 0.248. The highest BCUT2D eigenvalue weighted by Gasteiger charge is 2.15. The molecule has 0 bridgehead atoms. The van der Waals surface area contributed by atoms with Crippen LogP contribution in [0.25, 0.3) is 16.7 Å². The van der Waals surface area contributed by atoms with Crippen molar-refractivity contribution < 1.29 is 13.2 Å². The summed E-state index contributed by atoms with van der Waals surface area (Å²) >= 11 is 6.92. The molecule has 0 saturated carbocycles. The number of ketones is 1. The zero-order valence-corrected chi connectivity index (χ0v) is 18.0. The van der Waals surface area contributed by atoms with Gasteiger partial charge in [0.05, 0.1) is 22.5 Å². The second-order valence-corrected chi connectivity index (χ2v) is 9.38. The molecular formula is C19H14ClN5O4S2. The molecule has 31 heavy (non-hydrogen) atoms. The number of aromatic nitrogens is 4. The van der Waals surface area contributed by atoms with Crippen molar-refractivity contribution in [2.75, 3.05) is 5.75 Å². The van der Waals surface area contributed by atoms with E-state index in [-0.39, 0.29) is 32.6 Å². The average molecular weight is 476 g/mol. The molecule has 0 saturated heterocycles. The van der Waals surface area contributed by atoms with Gasteiger partial charge in [-0.2, -0.15) is 5.10 Å². The lowest BCUT2D eigenvalue weighted by atomic mass is 10.1. The highest BCUT2D eigenvalue weighted by atomic mass is 35.5. The first kappa shape index (κ1) is 21.2. The molecule has 9 nitrogen and oxygen atoms in total. The maximum atomic E-state index is 12.4. The van der Waals surface area contributed by atoms with Crippen LogP contribution in [-0.2, 0) is 10.0 Å². The average Bonchev–Trinajstić information content (AvgIpc) is 3.16. The van der Waals surface area contributed by atoms with Gasteiger partial charge in [-0.15, -0.1) is 0 Å². The molecule has 0 fully saturated rings. The normalized spacial score (nSPS) is 11.7. The van der Waals surface area contributed by atoms with Crippen molar-refractivity contribution in [2.45, 2.75) is 10.1 Å². The number of benzene rings is 2. The lowest BCUT2D eigenvalue weighted by molar-refractivity contribution is 0.102. The minimum absolute atomic E-state index is 0.0459. The number of rotatable bonds is 6. The molecule has 0 aliphatic rings. The van der Waals surface area contributed by atoms with Crippen LogP contribution in [0.5, 0.6) is 0 Å². The van der Waals surface area contributed by atoms with Gasteiger partial charge in [-0.25, -0.2) is 23.2 Å². The minimum atomic E-state index is -3.83. The predicted molar refractivity (Wildman–Crippen MR) is 117 cm³/mol. The first-order valence-electron chi connectivity index (χ1n) is 8.75. The summed E-state index contributed by atoms with van der Waals surface area (Å²) in [4.78, 5) is 31.8. The molecule has 3 N–H and O–H groups in total. The standard InChI is InChI=1S/C19H14ClN5O4S2/c20-12-3-1-11(2-4-12)16(26)10-30-19-23-17-15(18(27)24-19)9-22-25(17)13-5-7-14(8-6-13)31(21,28)29/h1-9H,10H2,(H2,21,28,29)(H,23,24,27). The lowest BCUT2D eigenvalue weighted by Gasteiger charge is -2.06. The number of fused-ring (bicyclic) bond motifs is 1. The SMILES string of the molecule is NS(=O)(=O)c1ccc(-n2ncc3c(=O)[nH]c(SCC(=O)c4ccc(Cl)cc4)nc32)cc1. The van der Waals surface area contributed by atoms with Gasteiger partial charge in [0.15, 0.2) is 16.6 Å². The summed E-state index contributed by atoms with van der Waals surface area (Å²) < 4.78 is 24.3. The van der Waals surface area contributed by atoms with E-state index >= 15 is 0 Å². The van der Waals surface area contributed by atoms with Crippen molar-refractivity contribution in [3.8, 4) is 5.69 Å². The zero-order chi connectivity index (χ0) is 22.2. The van der Waals surface area contributed by atoms with Gasteiger partial charge in [-0.3, -0.25) is 9.59 Å². The number of nitrogens with one attached hydrogen (secondary N) is 1. The van der Waals surface area contributed by atoms with Crippen molar-refractivity contribution >= 4 is 50.2 Å². The van der Waals surface area contributed by atoms with E-state index in [2.05, 4.69) is 15.1 Å². The molecule has 0 aliphatic heterocycles. The van der Waals surface area contributed by atoms with Crippen LogP contribution in [0, 0.1) is 0 Å². The zero-order valence-electron chi connectivity index (χ0n) is 15.6. The Morgan fingerprint density at radius 3 is 2.45 bits per heavy atom. The van der Waals surface area contributed by atoms with Crippen LogP contribution in [0.3, 0.4) is 0 Å².